The smallest absolute Gasteiger partial charge is 0.311 e. The maximum Gasteiger partial charge on any atom is 0.311 e. The fraction of sp³-hybridized carbons (Fsp3) is 0.385. The molecule has 1 aliphatic heterocycles. The summed E-state index contributed by atoms with van der Waals surface area (Å²) in [5, 5.41) is 19.8. The van der Waals surface area contributed by atoms with E-state index in [0.29, 0.717) is 6.54 Å². The zero-order valence-corrected chi connectivity index (χ0v) is 11.3. The third-order valence-corrected chi connectivity index (χ3v) is 3.12. The second kappa shape index (κ2) is 6.19. The van der Waals surface area contributed by atoms with Crippen LogP contribution in [0.2, 0.25) is 0 Å². The van der Waals surface area contributed by atoms with E-state index in [1.165, 1.54) is 30.2 Å². The molecular formula is C13H13N3O5. The van der Waals surface area contributed by atoms with Crippen molar-refractivity contribution in [3.05, 3.63) is 33.9 Å². The Bertz CT molecular complexity index is 610. The molecular weight excluding hydrogens is 278 g/mol. The van der Waals surface area contributed by atoms with Crippen LogP contribution in [0, 0.1) is 21.4 Å². The van der Waals surface area contributed by atoms with E-state index in [0.717, 1.165) is 0 Å². The standard InChI is InChI=1S/C13H13N3O5/c1-20-12-10(3-2-4-11(12)16(18)19)13(17)15-5-6-21-9(7-14)8-15/h2-4,9H,5-6,8H2,1H3. The lowest BCUT2D eigenvalue weighted by Gasteiger charge is -2.30. The van der Waals surface area contributed by atoms with Gasteiger partial charge in [-0.3, -0.25) is 14.9 Å². The summed E-state index contributed by atoms with van der Waals surface area (Å²) < 4.78 is 10.2. The van der Waals surface area contributed by atoms with Crippen molar-refractivity contribution in [2.75, 3.05) is 26.8 Å². The Kier molecular flexibility index (Phi) is 4.35. The maximum atomic E-state index is 12.5. The molecule has 1 amide bonds. The molecule has 8 nitrogen and oxygen atoms in total. The predicted molar refractivity (Wildman–Crippen MR) is 70.9 cm³/mol. The van der Waals surface area contributed by atoms with Gasteiger partial charge < -0.3 is 14.4 Å². The molecule has 2 rings (SSSR count). The number of carbonyl (C=O) groups is 1. The quantitative estimate of drug-likeness (QED) is 0.606. The van der Waals surface area contributed by atoms with Crippen molar-refractivity contribution in [1.29, 1.82) is 5.26 Å². The zero-order chi connectivity index (χ0) is 15.4. The number of amides is 1. The Morgan fingerprint density at radius 3 is 3.00 bits per heavy atom. The second-order valence-corrected chi connectivity index (χ2v) is 4.35. The maximum absolute atomic E-state index is 12.5. The first-order valence-corrected chi connectivity index (χ1v) is 6.20. The molecule has 1 aliphatic rings. The van der Waals surface area contributed by atoms with Gasteiger partial charge >= 0.3 is 5.69 Å². The van der Waals surface area contributed by atoms with Gasteiger partial charge in [0.05, 0.1) is 36.8 Å². The van der Waals surface area contributed by atoms with Gasteiger partial charge in [-0.15, -0.1) is 0 Å². The molecule has 1 unspecified atom stereocenters. The summed E-state index contributed by atoms with van der Waals surface area (Å²) in [6, 6.07) is 6.10. The van der Waals surface area contributed by atoms with Crippen molar-refractivity contribution >= 4 is 11.6 Å². The number of nitriles is 1. The van der Waals surface area contributed by atoms with Gasteiger partial charge in [0.25, 0.3) is 5.91 Å². The zero-order valence-electron chi connectivity index (χ0n) is 11.3. The number of nitro groups is 1. The molecule has 1 atom stereocenters. The number of methoxy groups -OCH3 is 1. The lowest BCUT2D eigenvalue weighted by Crippen LogP contribution is -2.45. The number of morpholine rings is 1. The molecule has 1 saturated heterocycles. The lowest BCUT2D eigenvalue weighted by molar-refractivity contribution is -0.385. The summed E-state index contributed by atoms with van der Waals surface area (Å²) in [4.78, 5) is 24.3. The number of nitro benzene ring substituents is 1. The Morgan fingerprint density at radius 2 is 2.38 bits per heavy atom. The van der Waals surface area contributed by atoms with E-state index in [4.69, 9.17) is 14.7 Å². The van der Waals surface area contributed by atoms with Crippen molar-refractivity contribution in [1.82, 2.24) is 4.90 Å². The first-order valence-electron chi connectivity index (χ1n) is 6.20. The Morgan fingerprint density at radius 1 is 1.62 bits per heavy atom. The topological polar surface area (TPSA) is 106 Å². The predicted octanol–water partition coefficient (Wildman–Crippen LogP) is 0.968. The SMILES string of the molecule is COc1c(C(=O)N2CCOC(C#N)C2)cccc1[N+](=O)[O-]. The molecule has 1 heterocycles. The van der Waals surface area contributed by atoms with Crippen LogP contribution in [0.3, 0.4) is 0 Å². The van der Waals surface area contributed by atoms with Gasteiger partial charge in [0, 0.05) is 12.6 Å². The van der Waals surface area contributed by atoms with Gasteiger partial charge in [-0.2, -0.15) is 5.26 Å². The van der Waals surface area contributed by atoms with Gasteiger partial charge in [-0.05, 0) is 6.07 Å². The van der Waals surface area contributed by atoms with E-state index in [1.54, 1.807) is 0 Å². The van der Waals surface area contributed by atoms with Crippen LogP contribution < -0.4 is 4.74 Å². The molecule has 110 valence electrons. The number of ether oxygens (including phenoxy) is 2. The lowest BCUT2D eigenvalue weighted by atomic mass is 10.1. The average molecular weight is 291 g/mol. The first-order chi connectivity index (χ1) is 10.1. The van der Waals surface area contributed by atoms with Crippen molar-refractivity contribution < 1.29 is 19.2 Å². The molecule has 0 N–H and O–H groups in total. The van der Waals surface area contributed by atoms with E-state index in [9.17, 15) is 14.9 Å². The molecule has 1 fully saturated rings. The molecule has 0 saturated carbocycles. The summed E-state index contributed by atoms with van der Waals surface area (Å²) in [5.41, 5.74) is -0.168. The number of para-hydroxylation sites is 1. The molecule has 0 aromatic heterocycles. The number of benzene rings is 1. The fourth-order valence-electron chi connectivity index (χ4n) is 2.13. The van der Waals surface area contributed by atoms with Crippen LogP contribution in [0.4, 0.5) is 5.69 Å². The van der Waals surface area contributed by atoms with E-state index in [2.05, 4.69) is 0 Å². The molecule has 0 aliphatic carbocycles. The van der Waals surface area contributed by atoms with Crippen LogP contribution in [-0.2, 0) is 4.74 Å². The molecule has 8 heteroatoms. The van der Waals surface area contributed by atoms with Gasteiger partial charge in [0.1, 0.15) is 0 Å². The fourth-order valence-corrected chi connectivity index (χ4v) is 2.13. The van der Waals surface area contributed by atoms with Crippen molar-refractivity contribution in [2.24, 2.45) is 0 Å². The molecule has 0 bridgehead atoms. The van der Waals surface area contributed by atoms with Gasteiger partial charge in [-0.25, -0.2) is 0 Å². The second-order valence-electron chi connectivity index (χ2n) is 4.35. The van der Waals surface area contributed by atoms with Gasteiger partial charge in [0.15, 0.2) is 6.10 Å². The minimum absolute atomic E-state index is 0.0764. The van der Waals surface area contributed by atoms with Crippen molar-refractivity contribution in [2.45, 2.75) is 6.10 Å². The Balaban J connectivity index is 2.33. The molecule has 1 aromatic rings. The number of nitrogens with zero attached hydrogens (tertiary/aromatic N) is 3. The Hall–Kier alpha value is -2.66. The molecule has 0 spiro atoms. The van der Waals surface area contributed by atoms with Crippen LogP contribution in [0.15, 0.2) is 18.2 Å². The van der Waals surface area contributed by atoms with Crippen LogP contribution in [0.5, 0.6) is 5.75 Å². The molecule has 21 heavy (non-hydrogen) atoms. The summed E-state index contributed by atoms with van der Waals surface area (Å²) >= 11 is 0. The third kappa shape index (κ3) is 2.93. The average Bonchev–Trinajstić information content (AvgIpc) is 2.53. The third-order valence-electron chi connectivity index (χ3n) is 3.12. The largest absolute Gasteiger partial charge is 0.490 e. The highest BCUT2D eigenvalue weighted by Gasteiger charge is 2.29. The highest BCUT2D eigenvalue weighted by atomic mass is 16.6. The summed E-state index contributed by atoms with van der Waals surface area (Å²) in [5.74, 6) is -0.494. The van der Waals surface area contributed by atoms with E-state index in [-0.39, 0.29) is 30.2 Å². The van der Waals surface area contributed by atoms with Crippen molar-refractivity contribution in [3.63, 3.8) is 0 Å². The number of hydrogen-bond donors (Lipinski definition) is 0. The summed E-state index contributed by atoms with van der Waals surface area (Å²) in [6.07, 6.45) is -0.688. The monoisotopic (exact) mass is 291 g/mol. The van der Waals surface area contributed by atoms with E-state index in [1.807, 2.05) is 6.07 Å². The molecule has 1 aromatic carbocycles. The number of hydrogen-bond acceptors (Lipinski definition) is 6. The first kappa shape index (κ1) is 14.7. The van der Waals surface area contributed by atoms with Crippen LogP contribution >= 0.6 is 0 Å². The number of carbonyl (C=O) groups excluding carboxylic acids is 1. The highest BCUT2D eigenvalue weighted by Crippen LogP contribution is 2.31. The minimum Gasteiger partial charge on any atom is -0.490 e. The summed E-state index contributed by atoms with van der Waals surface area (Å²) in [7, 11) is 1.27. The highest BCUT2D eigenvalue weighted by molar-refractivity contribution is 5.98. The summed E-state index contributed by atoms with van der Waals surface area (Å²) in [6.45, 7) is 0.700. The number of rotatable bonds is 3. The van der Waals surface area contributed by atoms with Crippen LogP contribution in [0.25, 0.3) is 0 Å². The Labute approximate surface area is 120 Å². The molecule has 0 radical (unpaired) electrons. The van der Waals surface area contributed by atoms with E-state index >= 15 is 0 Å². The van der Waals surface area contributed by atoms with Crippen LogP contribution in [0.1, 0.15) is 10.4 Å². The van der Waals surface area contributed by atoms with Gasteiger partial charge in [0.2, 0.25) is 5.75 Å². The van der Waals surface area contributed by atoms with Crippen molar-refractivity contribution in [3.8, 4) is 11.8 Å². The van der Waals surface area contributed by atoms with Crippen LogP contribution in [-0.4, -0.2) is 48.6 Å². The van der Waals surface area contributed by atoms with E-state index < -0.39 is 16.9 Å². The van der Waals surface area contributed by atoms with Gasteiger partial charge in [-0.1, -0.05) is 6.07 Å². The normalized spacial score (nSPS) is 17.9. The minimum atomic E-state index is -0.688.